The second-order valence-electron chi connectivity index (χ2n) is 3.60. The van der Waals surface area contributed by atoms with Crippen LogP contribution in [-0.4, -0.2) is 23.2 Å². The second-order valence-corrected chi connectivity index (χ2v) is 5.89. The summed E-state index contributed by atoms with van der Waals surface area (Å²) in [6.45, 7) is 3.59. The highest BCUT2D eigenvalue weighted by Gasteiger charge is 2.12. The van der Waals surface area contributed by atoms with Gasteiger partial charge in [-0.3, -0.25) is 4.79 Å². The second kappa shape index (κ2) is 5.63. The van der Waals surface area contributed by atoms with Crippen LogP contribution in [0.15, 0.2) is 15.2 Å². The standard InChI is InChI=1S/C10H14BrNO2S/c1-6(3-7(2)13)12-10(14)8-4-9(11)15-5-8/h4-7,13H,3H2,1-2H3,(H,12,14). The number of aliphatic hydroxyl groups excluding tert-OH is 1. The third-order valence-electron chi connectivity index (χ3n) is 1.90. The third kappa shape index (κ3) is 4.32. The Morgan fingerprint density at radius 2 is 2.33 bits per heavy atom. The number of rotatable bonds is 4. The zero-order chi connectivity index (χ0) is 11.4. The average Bonchev–Trinajstić information content (AvgIpc) is 2.49. The van der Waals surface area contributed by atoms with Crippen molar-refractivity contribution in [2.24, 2.45) is 0 Å². The Morgan fingerprint density at radius 1 is 1.67 bits per heavy atom. The molecule has 0 bridgehead atoms. The lowest BCUT2D eigenvalue weighted by atomic mass is 10.1. The van der Waals surface area contributed by atoms with Gasteiger partial charge in [0.1, 0.15) is 0 Å². The van der Waals surface area contributed by atoms with Gasteiger partial charge in [0, 0.05) is 11.4 Å². The molecule has 0 fully saturated rings. The molecule has 84 valence electrons. The minimum Gasteiger partial charge on any atom is -0.393 e. The van der Waals surface area contributed by atoms with E-state index in [0.717, 1.165) is 3.79 Å². The molecule has 0 aromatic carbocycles. The minimum absolute atomic E-state index is 0.0174. The number of amides is 1. The van der Waals surface area contributed by atoms with Crippen LogP contribution in [0.5, 0.6) is 0 Å². The van der Waals surface area contributed by atoms with Gasteiger partial charge in [-0.15, -0.1) is 11.3 Å². The average molecular weight is 292 g/mol. The van der Waals surface area contributed by atoms with E-state index in [-0.39, 0.29) is 11.9 Å². The summed E-state index contributed by atoms with van der Waals surface area (Å²) in [6, 6.07) is 1.77. The molecule has 1 aromatic heterocycles. The van der Waals surface area contributed by atoms with Crippen molar-refractivity contribution in [3.8, 4) is 0 Å². The first-order valence-electron chi connectivity index (χ1n) is 4.72. The van der Waals surface area contributed by atoms with Gasteiger partial charge in [-0.1, -0.05) is 0 Å². The van der Waals surface area contributed by atoms with Gasteiger partial charge in [-0.25, -0.2) is 0 Å². The quantitative estimate of drug-likeness (QED) is 0.895. The molecule has 0 saturated carbocycles. The highest BCUT2D eigenvalue weighted by molar-refractivity contribution is 9.11. The molecule has 5 heteroatoms. The number of carbonyl (C=O) groups is 1. The predicted molar refractivity (Wildman–Crippen MR) is 65.2 cm³/mol. The van der Waals surface area contributed by atoms with Crippen molar-refractivity contribution >= 4 is 33.2 Å². The van der Waals surface area contributed by atoms with Crippen LogP contribution < -0.4 is 5.32 Å². The molecule has 0 radical (unpaired) electrons. The number of thiophene rings is 1. The van der Waals surface area contributed by atoms with Crippen LogP contribution in [-0.2, 0) is 0 Å². The number of hydrogen-bond donors (Lipinski definition) is 2. The largest absolute Gasteiger partial charge is 0.393 e. The van der Waals surface area contributed by atoms with Crippen molar-refractivity contribution in [3.63, 3.8) is 0 Å². The van der Waals surface area contributed by atoms with Crippen LogP contribution in [0, 0.1) is 0 Å². The van der Waals surface area contributed by atoms with Crippen LogP contribution in [0.1, 0.15) is 30.6 Å². The molecular formula is C10H14BrNO2S. The maximum atomic E-state index is 11.6. The van der Waals surface area contributed by atoms with E-state index in [4.69, 9.17) is 5.11 Å². The van der Waals surface area contributed by atoms with E-state index in [9.17, 15) is 4.79 Å². The topological polar surface area (TPSA) is 49.3 Å². The van der Waals surface area contributed by atoms with Crippen molar-refractivity contribution in [2.75, 3.05) is 0 Å². The molecule has 3 nitrogen and oxygen atoms in total. The molecule has 0 aliphatic heterocycles. The van der Waals surface area contributed by atoms with E-state index in [1.54, 1.807) is 18.4 Å². The Morgan fingerprint density at radius 3 is 2.80 bits per heavy atom. The summed E-state index contributed by atoms with van der Waals surface area (Å²) in [6.07, 6.45) is 0.173. The maximum Gasteiger partial charge on any atom is 0.252 e. The first-order chi connectivity index (χ1) is 6.99. The molecule has 2 unspecified atom stereocenters. The van der Waals surface area contributed by atoms with E-state index < -0.39 is 6.10 Å². The van der Waals surface area contributed by atoms with E-state index in [0.29, 0.717) is 12.0 Å². The number of halogens is 1. The van der Waals surface area contributed by atoms with Gasteiger partial charge in [0.2, 0.25) is 0 Å². The minimum atomic E-state index is -0.394. The van der Waals surface area contributed by atoms with Crippen molar-refractivity contribution in [2.45, 2.75) is 32.4 Å². The van der Waals surface area contributed by atoms with E-state index in [1.807, 2.05) is 6.92 Å². The van der Waals surface area contributed by atoms with Gasteiger partial charge in [0.15, 0.2) is 0 Å². The first kappa shape index (κ1) is 12.7. The fourth-order valence-electron chi connectivity index (χ4n) is 1.31. The van der Waals surface area contributed by atoms with Crippen molar-refractivity contribution in [1.82, 2.24) is 5.32 Å². The molecule has 1 heterocycles. The zero-order valence-corrected chi connectivity index (χ0v) is 11.1. The summed E-state index contributed by atoms with van der Waals surface area (Å²) in [5.74, 6) is -0.0925. The van der Waals surface area contributed by atoms with Crippen LogP contribution in [0.2, 0.25) is 0 Å². The Labute approximate surface area is 102 Å². The number of aliphatic hydroxyl groups is 1. The van der Waals surface area contributed by atoms with Crippen molar-refractivity contribution in [1.29, 1.82) is 0 Å². The lowest BCUT2D eigenvalue weighted by molar-refractivity contribution is 0.0923. The molecule has 1 amide bonds. The Balaban J connectivity index is 2.49. The molecular weight excluding hydrogens is 278 g/mol. The SMILES string of the molecule is CC(O)CC(C)NC(=O)c1csc(Br)c1. The normalized spacial score (nSPS) is 14.7. The maximum absolute atomic E-state index is 11.6. The summed E-state index contributed by atoms with van der Waals surface area (Å²) in [7, 11) is 0. The summed E-state index contributed by atoms with van der Waals surface area (Å²) in [5, 5.41) is 13.8. The van der Waals surface area contributed by atoms with Gasteiger partial charge in [-0.2, -0.15) is 0 Å². The van der Waals surface area contributed by atoms with Crippen LogP contribution in [0.3, 0.4) is 0 Å². The molecule has 0 aliphatic rings. The summed E-state index contributed by atoms with van der Waals surface area (Å²) in [4.78, 5) is 11.6. The Kier molecular flexibility index (Phi) is 4.76. The predicted octanol–water partition coefficient (Wildman–Crippen LogP) is 2.40. The van der Waals surface area contributed by atoms with Gasteiger partial charge < -0.3 is 10.4 Å². The van der Waals surface area contributed by atoms with E-state index >= 15 is 0 Å². The zero-order valence-electron chi connectivity index (χ0n) is 8.66. The highest BCUT2D eigenvalue weighted by Crippen LogP contribution is 2.20. The molecule has 0 saturated heterocycles. The summed E-state index contributed by atoms with van der Waals surface area (Å²) < 4.78 is 0.941. The van der Waals surface area contributed by atoms with E-state index in [2.05, 4.69) is 21.2 Å². The molecule has 0 spiro atoms. The van der Waals surface area contributed by atoms with Crippen LogP contribution in [0.25, 0.3) is 0 Å². The monoisotopic (exact) mass is 291 g/mol. The molecule has 1 rings (SSSR count). The molecule has 1 aromatic rings. The summed E-state index contributed by atoms with van der Waals surface area (Å²) in [5.41, 5.74) is 0.657. The number of nitrogens with one attached hydrogen (secondary N) is 1. The smallest absolute Gasteiger partial charge is 0.252 e. The van der Waals surface area contributed by atoms with Gasteiger partial charge in [0.25, 0.3) is 5.91 Å². The number of hydrogen-bond acceptors (Lipinski definition) is 3. The Hall–Kier alpha value is -0.390. The van der Waals surface area contributed by atoms with E-state index in [1.165, 1.54) is 11.3 Å². The number of carbonyl (C=O) groups excluding carboxylic acids is 1. The molecule has 2 N–H and O–H groups in total. The van der Waals surface area contributed by atoms with Gasteiger partial charge >= 0.3 is 0 Å². The molecule has 15 heavy (non-hydrogen) atoms. The first-order valence-corrected chi connectivity index (χ1v) is 6.39. The summed E-state index contributed by atoms with van der Waals surface area (Å²) >= 11 is 4.79. The van der Waals surface area contributed by atoms with Crippen LogP contribution in [0.4, 0.5) is 0 Å². The fourth-order valence-corrected chi connectivity index (χ4v) is 2.44. The van der Waals surface area contributed by atoms with Crippen molar-refractivity contribution in [3.05, 3.63) is 20.8 Å². The lowest BCUT2D eigenvalue weighted by Gasteiger charge is -2.14. The van der Waals surface area contributed by atoms with Gasteiger partial charge in [0.05, 0.1) is 15.5 Å². The molecule has 2 atom stereocenters. The van der Waals surface area contributed by atoms with Gasteiger partial charge in [-0.05, 0) is 42.3 Å². The third-order valence-corrected chi connectivity index (χ3v) is 3.41. The fraction of sp³-hybridized carbons (Fsp3) is 0.500. The van der Waals surface area contributed by atoms with Crippen LogP contribution >= 0.6 is 27.3 Å². The highest BCUT2D eigenvalue weighted by atomic mass is 79.9. The Bertz CT molecular complexity index is 338. The van der Waals surface area contributed by atoms with Crippen molar-refractivity contribution < 1.29 is 9.90 Å². The molecule has 0 aliphatic carbocycles. The lowest BCUT2D eigenvalue weighted by Crippen LogP contribution is -2.34.